The molecule has 1 aliphatic carbocycles. The molecule has 0 heterocycles. The number of rotatable bonds is 4. The van der Waals surface area contributed by atoms with Crippen molar-refractivity contribution < 1.29 is 4.39 Å². The van der Waals surface area contributed by atoms with Crippen LogP contribution in [-0.4, -0.2) is 6.04 Å². The molecule has 0 saturated carbocycles. The van der Waals surface area contributed by atoms with E-state index in [1.807, 2.05) is 12.1 Å². The van der Waals surface area contributed by atoms with Crippen LogP contribution in [0.3, 0.4) is 0 Å². The molecule has 2 aromatic rings. The van der Waals surface area contributed by atoms with Crippen LogP contribution in [0.25, 0.3) is 0 Å². The molecule has 0 aromatic heterocycles. The molecule has 0 radical (unpaired) electrons. The Labute approximate surface area is 119 Å². The van der Waals surface area contributed by atoms with Gasteiger partial charge in [-0.3, -0.25) is 0 Å². The van der Waals surface area contributed by atoms with E-state index in [2.05, 4.69) is 30.4 Å². The maximum absolute atomic E-state index is 13.6. The van der Waals surface area contributed by atoms with Gasteiger partial charge in [-0.1, -0.05) is 24.3 Å². The van der Waals surface area contributed by atoms with Gasteiger partial charge in [0.05, 0.1) is 0 Å². The first kappa shape index (κ1) is 13.2. The van der Waals surface area contributed by atoms with Crippen LogP contribution in [-0.2, 0) is 19.3 Å². The third kappa shape index (κ3) is 2.84. The largest absolute Gasteiger partial charge is 0.382 e. The molecule has 0 bridgehead atoms. The SMILES string of the molecule is CC(Cc1ccccc1F)Nc1ccc2c(c1)CCC2. The molecule has 1 aliphatic rings. The fraction of sp³-hybridized carbons (Fsp3) is 0.333. The number of halogens is 1. The Morgan fingerprint density at radius 1 is 1.10 bits per heavy atom. The summed E-state index contributed by atoms with van der Waals surface area (Å²) in [5.41, 5.74) is 4.87. The van der Waals surface area contributed by atoms with Gasteiger partial charge in [-0.05, 0) is 67.5 Å². The second kappa shape index (κ2) is 5.66. The van der Waals surface area contributed by atoms with Crippen LogP contribution in [0.4, 0.5) is 10.1 Å². The highest BCUT2D eigenvalue weighted by molar-refractivity contribution is 5.50. The van der Waals surface area contributed by atoms with E-state index in [9.17, 15) is 4.39 Å². The van der Waals surface area contributed by atoms with Crippen LogP contribution in [0.5, 0.6) is 0 Å². The van der Waals surface area contributed by atoms with Crippen LogP contribution in [0.15, 0.2) is 42.5 Å². The number of aryl methyl sites for hydroxylation is 2. The highest BCUT2D eigenvalue weighted by atomic mass is 19.1. The molecule has 20 heavy (non-hydrogen) atoms. The Balaban J connectivity index is 1.67. The summed E-state index contributed by atoms with van der Waals surface area (Å²) in [5.74, 6) is -0.116. The first-order valence-electron chi connectivity index (χ1n) is 7.34. The predicted octanol–water partition coefficient (Wildman–Crippen LogP) is 4.36. The van der Waals surface area contributed by atoms with Gasteiger partial charge in [0.1, 0.15) is 5.82 Å². The minimum absolute atomic E-state index is 0.116. The number of anilines is 1. The number of hydrogen-bond acceptors (Lipinski definition) is 1. The average Bonchev–Trinajstić information content (AvgIpc) is 2.89. The third-order valence-electron chi connectivity index (χ3n) is 4.00. The normalized spacial score (nSPS) is 14.9. The first-order valence-corrected chi connectivity index (χ1v) is 7.34. The topological polar surface area (TPSA) is 12.0 Å². The fourth-order valence-electron chi connectivity index (χ4n) is 2.99. The zero-order chi connectivity index (χ0) is 13.9. The van der Waals surface area contributed by atoms with E-state index in [0.717, 1.165) is 11.3 Å². The van der Waals surface area contributed by atoms with Crippen LogP contribution in [0.2, 0.25) is 0 Å². The zero-order valence-electron chi connectivity index (χ0n) is 11.8. The van der Waals surface area contributed by atoms with Crippen molar-refractivity contribution in [3.8, 4) is 0 Å². The fourth-order valence-corrected chi connectivity index (χ4v) is 2.99. The molecule has 0 spiro atoms. The van der Waals surface area contributed by atoms with Crippen molar-refractivity contribution in [2.45, 2.75) is 38.6 Å². The van der Waals surface area contributed by atoms with Crippen LogP contribution < -0.4 is 5.32 Å². The smallest absolute Gasteiger partial charge is 0.126 e. The molecule has 0 saturated heterocycles. The summed E-state index contributed by atoms with van der Waals surface area (Å²) in [5, 5.41) is 3.48. The Bertz CT molecular complexity index is 606. The molecular formula is C18H20FN. The summed E-state index contributed by atoms with van der Waals surface area (Å²) in [6, 6.07) is 13.8. The second-order valence-corrected chi connectivity index (χ2v) is 5.68. The molecule has 104 valence electrons. The lowest BCUT2D eigenvalue weighted by atomic mass is 10.1. The van der Waals surface area contributed by atoms with Gasteiger partial charge in [-0.25, -0.2) is 4.39 Å². The van der Waals surface area contributed by atoms with Gasteiger partial charge in [0.2, 0.25) is 0 Å². The third-order valence-corrected chi connectivity index (χ3v) is 4.00. The summed E-state index contributed by atoms with van der Waals surface area (Å²) in [6.07, 6.45) is 4.36. The van der Waals surface area contributed by atoms with Gasteiger partial charge >= 0.3 is 0 Å². The maximum Gasteiger partial charge on any atom is 0.126 e. The van der Waals surface area contributed by atoms with Crippen molar-refractivity contribution in [3.63, 3.8) is 0 Å². The standard InChI is InChI=1S/C18H20FN/c1-13(11-16-5-2-3-8-18(16)19)20-17-10-9-14-6-4-7-15(14)12-17/h2-3,5,8-10,12-13,20H,4,6-7,11H2,1H3. The van der Waals surface area contributed by atoms with Crippen LogP contribution in [0.1, 0.15) is 30.0 Å². The molecule has 1 N–H and O–H groups in total. The quantitative estimate of drug-likeness (QED) is 0.869. The van der Waals surface area contributed by atoms with Gasteiger partial charge in [0, 0.05) is 11.7 Å². The monoisotopic (exact) mass is 269 g/mol. The maximum atomic E-state index is 13.6. The van der Waals surface area contributed by atoms with Crippen molar-refractivity contribution in [2.24, 2.45) is 0 Å². The lowest BCUT2D eigenvalue weighted by Gasteiger charge is -2.16. The molecule has 1 unspecified atom stereocenters. The summed E-state index contributed by atoms with van der Waals surface area (Å²) in [6.45, 7) is 2.10. The van der Waals surface area contributed by atoms with Crippen molar-refractivity contribution in [1.82, 2.24) is 0 Å². The first-order chi connectivity index (χ1) is 9.72. The number of hydrogen-bond donors (Lipinski definition) is 1. The van der Waals surface area contributed by atoms with Crippen LogP contribution in [0, 0.1) is 5.82 Å². The minimum atomic E-state index is -0.116. The lowest BCUT2D eigenvalue weighted by Crippen LogP contribution is -2.18. The Hall–Kier alpha value is -1.83. The molecule has 0 fully saturated rings. The van der Waals surface area contributed by atoms with E-state index in [0.29, 0.717) is 6.42 Å². The van der Waals surface area contributed by atoms with Gasteiger partial charge in [0.15, 0.2) is 0 Å². The summed E-state index contributed by atoms with van der Waals surface area (Å²) < 4.78 is 13.6. The second-order valence-electron chi connectivity index (χ2n) is 5.68. The van der Waals surface area contributed by atoms with E-state index in [1.165, 1.54) is 36.5 Å². The van der Waals surface area contributed by atoms with Crippen molar-refractivity contribution >= 4 is 5.69 Å². The summed E-state index contributed by atoms with van der Waals surface area (Å²) >= 11 is 0. The lowest BCUT2D eigenvalue weighted by molar-refractivity contribution is 0.601. The van der Waals surface area contributed by atoms with E-state index >= 15 is 0 Å². The van der Waals surface area contributed by atoms with E-state index in [-0.39, 0.29) is 11.9 Å². The van der Waals surface area contributed by atoms with E-state index in [4.69, 9.17) is 0 Å². The van der Waals surface area contributed by atoms with E-state index < -0.39 is 0 Å². The van der Waals surface area contributed by atoms with Gasteiger partial charge in [0.25, 0.3) is 0 Å². The van der Waals surface area contributed by atoms with Crippen LogP contribution >= 0.6 is 0 Å². The van der Waals surface area contributed by atoms with Gasteiger partial charge < -0.3 is 5.32 Å². The Morgan fingerprint density at radius 3 is 2.75 bits per heavy atom. The van der Waals surface area contributed by atoms with E-state index in [1.54, 1.807) is 6.07 Å². The van der Waals surface area contributed by atoms with Crippen molar-refractivity contribution in [3.05, 3.63) is 65.0 Å². The Kier molecular flexibility index (Phi) is 3.72. The summed E-state index contributed by atoms with van der Waals surface area (Å²) in [7, 11) is 0. The number of benzene rings is 2. The van der Waals surface area contributed by atoms with Gasteiger partial charge in [-0.2, -0.15) is 0 Å². The highest BCUT2D eigenvalue weighted by Gasteiger charge is 2.12. The minimum Gasteiger partial charge on any atom is -0.382 e. The molecular weight excluding hydrogens is 249 g/mol. The van der Waals surface area contributed by atoms with Crippen molar-refractivity contribution in [1.29, 1.82) is 0 Å². The summed E-state index contributed by atoms with van der Waals surface area (Å²) in [4.78, 5) is 0. The molecule has 0 aliphatic heterocycles. The molecule has 2 aromatic carbocycles. The number of fused-ring (bicyclic) bond motifs is 1. The molecule has 1 nitrogen and oxygen atoms in total. The molecule has 1 atom stereocenters. The molecule has 3 rings (SSSR count). The molecule has 0 amide bonds. The predicted molar refractivity (Wildman–Crippen MR) is 81.7 cm³/mol. The Morgan fingerprint density at radius 2 is 1.90 bits per heavy atom. The average molecular weight is 269 g/mol. The van der Waals surface area contributed by atoms with Crippen molar-refractivity contribution in [2.75, 3.05) is 5.32 Å². The molecule has 2 heteroatoms. The zero-order valence-corrected chi connectivity index (χ0v) is 11.8. The number of nitrogens with one attached hydrogen (secondary N) is 1. The van der Waals surface area contributed by atoms with Gasteiger partial charge in [-0.15, -0.1) is 0 Å². The highest BCUT2D eigenvalue weighted by Crippen LogP contribution is 2.25.